The Bertz CT molecular complexity index is 336. The fourth-order valence-corrected chi connectivity index (χ4v) is 2.89. The van der Waals surface area contributed by atoms with Gasteiger partial charge in [-0.3, -0.25) is 0 Å². The minimum Gasteiger partial charge on any atom is -0.314 e. The van der Waals surface area contributed by atoms with Gasteiger partial charge in [-0.1, -0.05) is 43.2 Å². The molecule has 1 aromatic carbocycles. The highest BCUT2D eigenvalue weighted by atomic mass is 14.9. The molecule has 2 fully saturated rings. The largest absolute Gasteiger partial charge is 0.314 e. The standard InChI is InChI=1S/C16H23N/c1-2-6-14(7-3-1)15-11-16(12-15)17-10-4-5-13-8-9-13/h1-3,6-7,13,15-17H,4-5,8-12H2. The maximum atomic E-state index is 3.70. The van der Waals surface area contributed by atoms with Gasteiger partial charge in [-0.2, -0.15) is 0 Å². The van der Waals surface area contributed by atoms with Crippen LogP contribution in [0.15, 0.2) is 30.3 Å². The molecule has 0 radical (unpaired) electrons. The van der Waals surface area contributed by atoms with Crippen LogP contribution in [-0.2, 0) is 0 Å². The Morgan fingerprint density at radius 1 is 1.06 bits per heavy atom. The molecule has 1 heteroatoms. The van der Waals surface area contributed by atoms with Gasteiger partial charge in [-0.15, -0.1) is 0 Å². The Labute approximate surface area is 105 Å². The van der Waals surface area contributed by atoms with E-state index in [0.717, 1.165) is 17.9 Å². The van der Waals surface area contributed by atoms with Gasteiger partial charge in [0.25, 0.3) is 0 Å². The number of rotatable bonds is 6. The van der Waals surface area contributed by atoms with Crippen LogP contribution < -0.4 is 5.32 Å². The molecule has 0 saturated heterocycles. The number of hydrogen-bond acceptors (Lipinski definition) is 1. The van der Waals surface area contributed by atoms with Crippen molar-refractivity contribution in [2.45, 2.75) is 50.5 Å². The summed E-state index contributed by atoms with van der Waals surface area (Å²) >= 11 is 0. The molecule has 0 amide bonds. The predicted octanol–water partition coefficient (Wildman–Crippen LogP) is 3.71. The average Bonchev–Trinajstić information content (AvgIpc) is 3.11. The maximum absolute atomic E-state index is 3.70. The lowest BCUT2D eigenvalue weighted by Gasteiger charge is -2.36. The van der Waals surface area contributed by atoms with Gasteiger partial charge >= 0.3 is 0 Å². The highest BCUT2D eigenvalue weighted by Crippen LogP contribution is 2.37. The molecule has 1 nitrogen and oxygen atoms in total. The third-order valence-corrected chi connectivity index (χ3v) is 4.33. The SMILES string of the molecule is c1ccc(C2CC(NCCCC3CC3)C2)cc1. The lowest BCUT2D eigenvalue weighted by atomic mass is 9.76. The van der Waals surface area contributed by atoms with E-state index in [1.165, 1.54) is 50.6 Å². The Morgan fingerprint density at radius 2 is 1.82 bits per heavy atom. The molecule has 0 heterocycles. The van der Waals surface area contributed by atoms with Crippen molar-refractivity contribution >= 4 is 0 Å². The van der Waals surface area contributed by atoms with E-state index in [4.69, 9.17) is 0 Å². The zero-order valence-electron chi connectivity index (χ0n) is 10.6. The van der Waals surface area contributed by atoms with Crippen LogP contribution in [0.25, 0.3) is 0 Å². The summed E-state index contributed by atoms with van der Waals surface area (Å²) in [5.74, 6) is 1.91. The monoisotopic (exact) mass is 229 g/mol. The van der Waals surface area contributed by atoms with E-state index < -0.39 is 0 Å². The van der Waals surface area contributed by atoms with Crippen molar-refractivity contribution in [2.75, 3.05) is 6.54 Å². The second-order valence-corrected chi connectivity index (χ2v) is 5.82. The van der Waals surface area contributed by atoms with Gasteiger partial charge in [-0.25, -0.2) is 0 Å². The van der Waals surface area contributed by atoms with Crippen molar-refractivity contribution in [1.82, 2.24) is 5.32 Å². The van der Waals surface area contributed by atoms with Crippen LogP contribution >= 0.6 is 0 Å². The Morgan fingerprint density at radius 3 is 2.53 bits per heavy atom. The maximum Gasteiger partial charge on any atom is 0.00787 e. The molecule has 0 aromatic heterocycles. The molecule has 92 valence electrons. The van der Waals surface area contributed by atoms with Gasteiger partial charge in [0.1, 0.15) is 0 Å². The summed E-state index contributed by atoms with van der Waals surface area (Å²) in [5.41, 5.74) is 1.53. The van der Waals surface area contributed by atoms with E-state index in [9.17, 15) is 0 Å². The van der Waals surface area contributed by atoms with Crippen LogP contribution in [0.3, 0.4) is 0 Å². The molecular formula is C16H23N. The molecule has 1 aromatic rings. The van der Waals surface area contributed by atoms with E-state index >= 15 is 0 Å². The van der Waals surface area contributed by atoms with Crippen LogP contribution in [0.4, 0.5) is 0 Å². The normalized spacial score (nSPS) is 27.8. The first kappa shape index (κ1) is 11.3. The molecular weight excluding hydrogens is 206 g/mol. The minimum atomic E-state index is 0.791. The third-order valence-electron chi connectivity index (χ3n) is 4.33. The van der Waals surface area contributed by atoms with E-state index in [-0.39, 0.29) is 0 Å². The van der Waals surface area contributed by atoms with Crippen molar-refractivity contribution in [1.29, 1.82) is 0 Å². The average molecular weight is 229 g/mol. The van der Waals surface area contributed by atoms with E-state index in [2.05, 4.69) is 35.6 Å². The van der Waals surface area contributed by atoms with Gasteiger partial charge in [0.05, 0.1) is 0 Å². The number of benzene rings is 1. The minimum absolute atomic E-state index is 0.791. The number of hydrogen-bond donors (Lipinski definition) is 1. The van der Waals surface area contributed by atoms with Crippen molar-refractivity contribution in [2.24, 2.45) is 5.92 Å². The topological polar surface area (TPSA) is 12.0 Å². The van der Waals surface area contributed by atoms with Gasteiger partial charge in [0, 0.05) is 6.04 Å². The fraction of sp³-hybridized carbons (Fsp3) is 0.625. The quantitative estimate of drug-likeness (QED) is 0.733. The highest BCUT2D eigenvalue weighted by molar-refractivity contribution is 5.22. The number of nitrogens with one attached hydrogen (secondary N) is 1. The molecule has 1 N–H and O–H groups in total. The van der Waals surface area contributed by atoms with Gasteiger partial charge in [0.2, 0.25) is 0 Å². The molecule has 2 aliphatic rings. The molecule has 0 atom stereocenters. The second kappa shape index (κ2) is 5.22. The molecule has 2 aliphatic carbocycles. The third kappa shape index (κ3) is 3.10. The van der Waals surface area contributed by atoms with Crippen LogP contribution in [-0.4, -0.2) is 12.6 Å². The fourth-order valence-electron chi connectivity index (χ4n) is 2.89. The lowest BCUT2D eigenvalue weighted by Crippen LogP contribution is -2.40. The molecule has 0 spiro atoms. The molecule has 0 unspecified atom stereocenters. The lowest BCUT2D eigenvalue weighted by molar-refractivity contribution is 0.289. The van der Waals surface area contributed by atoms with Crippen LogP contribution in [0.2, 0.25) is 0 Å². The molecule has 17 heavy (non-hydrogen) atoms. The van der Waals surface area contributed by atoms with Crippen LogP contribution in [0, 0.1) is 5.92 Å². The van der Waals surface area contributed by atoms with E-state index in [1.54, 1.807) is 0 Å². The second-order valence-electron chi connectivity index (χ2n) is 5.82. The Kier molecular flexibility index (Phi) is 3.46. The molecule has 0 aliphatic heterocycles. The first-order chi connectivity index (χ1) is 8.42. The molecule has 3 rings (SSSR count). The molecule has 0 bridgehead atoms. The summed E-state index contributed by atoms with van der Waals surface area (Å²) in [7, 11) is 0. The smallest absolute Gasteiger partial charge is 0.00787 e. The first-order valence-corrected chi connectivity index (χ1v) is 7.20. The zero-order valence-corrected chi connectivity index (χ0v) is 10.6. The van der Waals surface area contributed by atoms with Gasteiger partial charge < -0.3 is 5.32 Å². The summed E-state index contributed by atoms with van der Waals surface area (Å²) in [6.45, 7) is 1.24. The van der Waals surface area contributed by atoms with Crippen molar-refractivity contribution < 1.29 is 0 Å². The van der Waals surface area contributed by atoms with Crippen molar-refractivity contribution in [3.8, 4) is 0 Å². The van der Waals surface area contributed by atoms with Gasteiger partial charge in [0.15, 0.2) is 0 Å². The van der Waals surface area contributed by atoms with E-state index in [0.29, 0.717) is 0 Å². The van der Waals surface area contributed by atoms with Crippen molar-refractivity contribution in [3.05, 3.63) is 35.9 Å². The zero-order chi connectivity index (χ0) is 11.5. The summed E-state index contributed by atoms with van der Waals surface area (Å²) in [5, 5.41) is 3.70. The van der Waals surface area contributed by atoms with E-state index in [1.807, 2.05) is 0 Å². The van der Waals surface area contributed by atoms with Crippen molar-refractivity contribution in [3.63, 3.8) is 0 Å². The summed E-state index contributed by atoms with van der Waals surface area (Å²) in [4.78, 5) is 0. The highest BCUT2D eigenvalue weighted by Gasteiger charge is 2.29. The summed E-state index contributed by atoms with van der Waals surface area (Å²) in [6.07, 6.45) is 8.53. The van der Waals surface area contributed by atoms with Crippen LogP contribution in [0.1, 0.15) is 50.0 Å². The summed E-state index contributed by atoms with van der Waals surface area (Å²) in [6, 6.07) is 11.8. The first-order valence-electron chi connectivity index (χ1n) is 7.20. The van der Waals surface area contributed by atoms with Gasteiger partial charge in [-0.05, 0) is 49.6 Å². The Balaban J connectivity index is 1.31. The summed E-state index contributed by atoms with van der Waals surface area (Å²) < 4.78 is 0. The Hall–Kier alpha value is -0.820. The predicted molar refractivity (Wildman–Crippen MR) is 72.2 cm³/mol. The van der Waals surface area contributed by atoms with Crippen LogP contribution in [0.5, 0.6) is 0 Å². The molecule has 2 saturated carbocycles.